The van der Waals surface area contributed by atoms with Gasteiger partial charge < -0.3 is 24.7 Å². The van der Waals surface area contributed by atoms with Crippen LogP contribution in [0.4, 0.5) is 5.82 Å². The molecule has 4 atom stereocenters. The molecule has 1 fully saturated rings. The number of hydrogen-bond acceptors (Lipinski definition) is 8. The zero-order valence-corrected chi connectivity index (χ0v) is 21.9. The van der Waals surface area contributed by atoms with Gasteiger partial charge in [-0.15, -0.1) is 0 Å². The first kappa shape index (κ1) is 25.4. The number of hydrogen-bond donors (Lipinski definition) is 3. The minimum atomic E-state index is -2.29. The molecule has 0 aliphatic carbocycles. The van der Waals surface area contributed by atoms with Gasteiger partial charge in [0, 0.05) is 5.56 Å². The molecule has 3 N–H and O–H groups in total. The van der Waals surface area contributed by atoms with Crippen molar-refractivity contribution in [2.75, 3.05) is 11.9 Å². The Balaban J connectivity index is 1.66. The number of aromatic nitrogens is 4. The lowest BCUT2D eigenvalue weighted by atomic mass is 9.96. The van der Waals surface area contributed by atoms with Gasteiger partial charge in [0.2, 0.25) is 0 Å². The summed E-state index contributed by atoms with van der Waals surface area (Å²) in [7, 11) is -2.29. The molecule has 3 aromatic rings. The maximum absolute atomic E-state index is 12.7. The molecule has 4 rings (SSSR count). The van der Waals surface area contributed by atoms with Crippen LogP contribution in [0, 0.1) is 0 Å². The van der Waals surface area contributed by atoms with Crippen LogP contribution >= 0.6 is 0 Å². The summed E-state index contributed by atoms with van der Waals surface area (Å²) in [6.45, 7) is 11.8. The van der Waals surface area contributed by atoms with Crippen molar-refractivity contribution in [3.63, 3.8) is 0 Å². The van der Waals surface area contributed by atoms with Gasteiger partial charge in [0.25, 0.3) is 5.91 Å². The molecule has 0 unspecified atom stereocenters. The lowest BCUT2D eigenvalue weighted by Crippen LogP contribution is -2.54. The van der Waals surface area contributed by atoms with Gasteiger partial charge in [-0.3, -0.25) is 9.36 Å². The Bertz CT molecular complexity index is 1210. The number of rotatable bonds is 6. The number of carbonyl (C=O) groups is 1. The van der Waals surface area contributed by atoms with Gasteiger partial charge in [-0.1, -0.05) is 39.0 Å². The monoisotopic (exact) mass is 499 g/mol. The van der Waals surface area contributed by atoms with Gasteiger partial charge in [0.05, 0.1) is 12.9 Å². The van der Waals surface area contributed by atoms with Crippen LogP contribution in [0.25, 0.3) is 11.2 Å². The number of carbonyl (C=O) groups excluding carboxylic acids is 1. The predicted octanol–water partition coefficient (Wildman–Crippen LogP) is 3.11. The Morgan fingerprint density at radius 2 is 1.91 bits per heavy atom. The standard InChI is InChI=1S/C24H33N5O5Si/c1-23(2,3)35(5,6)34-18-16(12-30)33-22(24(18,4)32)29-14-27-17-19(25-13-26-20(17)29)28-21(31)15-10-8-7-9-11-15/h7-11,13-14,16,18,22,30,32H,12H2,1-6H3,(H,25,26,28,31)/t16-,18-,22-,24-/m1/s1. The molecule has 10 nitrogen and oxygen atoms in total. The number of aliphatic hydroxyl groups is 2. The molecule has 1 amide bonds. The van der Waals surface area contributed by atoms with Crippen LogP contribution in [-0.4, -0.2) is 68.4 Å². The Morgan fingerprint density at radius 3 is 2.54 bits per heavy atom. The van der Waals surface area contributed by atoms with Gasteiger partial charge >= 0.3 is 0 Å². The maximum Gasteiger partial charge on any atom is 0.256 e. The van der Waals surface area contributed by atoms with Crippen LogP contribution in [0.3, 0.4) is 0 Å². The third-order valence-corrected chi connectivity index (χ3v) is 11.5. The molecule has 2 aromatic heterocycles. The molecule has 35 heavy (non-hydrogen) atoms. The number of imidazole rings is 1. The van der Waals surface area contributed by atoms with E-state index in [0.717, 1.165) is 0 Å². The Kier molecular flexibility index (Phi) is 6.58. The van der Waals surface area contributed by atoms with E-state index in [9.17, 15) is 15.0 Å². The zero-order chi connectivity index (χ0) is 25.6. The van der Waals surface area contributed by atoms with Gasteiger partial charge in [0.1, 0.15) is 24.1 Å². The number of aliphatic hydroxyl groups excluding tert-OH is 1. The van der Waals surface area contributed by atoms with Crippen molar-refractivity contribution >= 4 is 31.2 Å². The van der Waals surface area contributed by atoms with E-state index in [1.807, 2.05) is 6.07 Å². The highest BCUT2D eigenvalue weighted by molar-refractivity contribution is 6.74. The summed E-state index contributed by atoms with van der Waals surface area (Å²) in [5, 5.41) is 24.4. The fraction of sp³-hybridized carbons (Fsp3) is 0.500. The van der Waals surface area contributed by atoms with Crippen molar-refractivity contribution < 1.29 is 24.2 Å². The molecule has 0 radical (unpaired) electrons. The van der Waals surface area contributed by atoms with Crippen molar-refractivity contribution in [1.29, 1.82) is 0 Å². The van der Waals surface area contributed by atoms with E-state index in [4.69, 9.17) is 9.16 Å². The zero-order valence-electron chi connectivity index (χ0n) is 20.9. The van der Waals surface area contributed by atoms with Crippen LogP contribution in [-0.2, 0) is 9.16 Å². The third kappa shape index (κ3) is 4.61. The normalized spacial score (nSPS) is 25.2. The Hall–Kier alpha value is -2.70. The topological polar surface area (TPSA) is 132 Å². The predicted molar refractivity (Wildman–Crippen MR) is 133 cm³/mol. The van der Waals surface area contributed by atoms with Crippen molar-refractivity contribution in [2.24, 2.45) is 0 Å². The van der Waals surface area contributed by atoms with Gasteiger partial charge in [-0.2, -0.15) is 0 Å². The van der Waals surface area contributed by atoms with E-state index in [1.54, 1.807) is 35.8 Å². The number of anilines is 1. The molecule has 1 aliphatic heterocycles. The third-order valence-electron chi connectivity index (χ3n) is 7.00. The average molecular weight is 500 g/mol. The second-order valence-corrected chi connectivity index (χ2v) is 15.4. The van der Waals surface area contributed by atoms with E-state index in [0.29, 0.717) is 16.7 Å². The van der Waals surface area contributed by atoms with Gasteiger partial charge in [-0.25, -0.2) is 15.0 Å². The number of ether oxygens (including phenoxy) is 1. The summed E-state index contributed by atoms with van der Waals surface area (Å²) < 4.78 is 14.2. The highest BCUT2D eigenvalue weighted by Crippen LogP contribution is 2.45. The fourth-order valence-electron chi connectivity index (χ4n) is 3.95. The molecule has 11 heteroatoms. The van der Waals surface area contributed by atoms with Crippen LogP contribution in [0.5, 0.6) is 0 Å². The van der Waals surface area contributed by atoms with Crippen LogP contribution < -0.4 is 5.32 Å². The second kappa shape index (κ2) is 9.06. The molecule has 1 saturated heterocycles. The molecule has 0 spiro atoms. The average Bonchev–Trinajstić information content (AvgIpc) is 3.32. The lowest BCUT2D eigenvalue weighted by Gasteiger charge is -2.42. The summed E-state index contributed by atoms with van der Waals surface area (Å²) in [6, 6.07) is 8.79. The van der Waals surface area contributed by atoms with Crippen LogP contribution in [0.1, 0.15) is 44.3 Å². The van der Waals surface area contributed by atoms with Crippen LogP contribution in [0.2, 0.25) is 18.1 Å². The van der Waals surface area contributed by atoms with Crippen LogP contribution in [0.15, 0.2) is 43.0 Å². The molecule has 188 valence electrons. The van der Waals surface area contributed by atoms with Crippen molar-refractivity contribution in [3.05, 3.63) is 48.5 Å². The number of nitrogens with one attached hydrogen (secondary N) is 1. The minimum absolute atomic E-state index is 0.0953. The smallest absolute Gasteiger partial charge is 0.256 e. The number of amides is 1. The number of benzene rings is 1. The lowest BCUT2D eigenvalue weighted by molar-refractivity contribution is -0.0934. The van der Waals surface area contributed by atoms with Gasteiger partial charge in [-0.05, 0) is 37.2 Å². The molecule has 3 heterocycles. The fourth-order valence-corrected chi connectivity index (χ4v) is 5.33. The van der Waals surface area contributed by atoms with E-state index >= 15 is 0 Å². The first-order valence-electron chi connectivity index (χ1n) is 11.6. The van der Waals surface area contributed by atoms with E-state index in [2.05, 4.69) is 54.1 Å². The summed E-state index contributed by atoms with van der Waals surface area (Å²) in [6.07, 6.45) is 0.389. The molecular formula is C24H33N5O5Si. The summed E-state index contributed by atoms with van der Waals surface area (Å²) in [4.78, 5) is 25.6. The summed E-state index contributed by atoms with van der Waals surface area (Å²) >= 11 is 0. The van der Waals surface area contributed by atoms with E-state index in [1.165, 1.54) is 12.7 Å². The molecule has 0 saturated carbocycles. The van der Waals surface area contributed by atoms with Gasteiger partial charge in [0.15, 0.2) is 31.5 Å². The summed E-state index contributed by atoms with van der Waals surface area (Å²) in [5.74, 6) is -0.0829. The van der Waals surface area contributed by atoms with E-state index in [-0.39, 0.29) is 23.4 Å². The highest BCUT2D eigenvalue weighted by Gasteiger charge is 2.57. The first-order chi connectivity index (χ1) is 16.4. The van der Waals surface area contributed by atoms with Crippen molar-refractivity contribution in [1.82, 2.24) is 19.5 Å². The molecule has 0 bridgehead atoms. The minimum Gasteiger partial charge on any atom is -0.408 e. The first-order valence-corrected chi connectivity index (χ1v) is 14.5. The molecule has 1 aromatic carbocycles. The largest absolute Gasteiger partial charge is 0.408 e. The van der Waals surface area contributed by atoms with Crippen molar-refractivity contribution in [2.45, 2.75) is 69.9 Å². The highest BCUT2D eigenvalue weighted by atomic mass is 28.4. The SMILES string of the molecule is CC(C)(C)[Si](C)(C)O[C@@H]1[C@@H](CO)O[C@@H](n2cnc3c(NC(=O)c4ccccc4)ncnc32)[C@]1(C)O. The molecular weight excluding hydrogens is 466 g/mol. The quantitative estimate of drug-likeness (QED) is 0.441. The Labute approximate surface area is 205 Å². The second-order valence-electron chi connectivity index (χ2n) is 10.6. The number of fused-ring (bicyclic) bond motifs is 1. The molecule has 1 aliphatic rings. The maximum atomic E-state index is 12.7. The summed E-state index contributed by atoms with van der Waals surface area (Å²) in [5.41, 5.74) is -0.282. The van der Waals surface area contributed by atoms with Crippen molar-refractivity contribution in [3.8, 4) is 0 Å². The Morgan fingerprint density at radius 1 is 1.23 bits per heavy atom. The number of nitrogens with zero attached hydrogens (tertiary/aromatic N) is 4. The van der Waals surface area contributed by atoms with E-state index < -0.39 is 32.4 Å².